The number of hydrogen-bond donors (Lipinski definition) is 3. The van der Waals surface area contributed by atoms with Crippen LogP contribution in [0.15, 0.2) is 41.3 Å². The van der Waals surface area contributed by atoms with Crippen LogP contribution in [0.25, 0.3) is 0 Å². The minimum Gasteiger partial charge on any atom is -0.496 e. The maximum Gasteiger partial charge on any atom is 0.318 e. The zero-order chi connectivity index (χ0) is 21.6. The summed E-state index contributed by atoms with van der Waals surface area (Å²) in [6.45, 7) is 0. The Hall–Kier alpha value is -3.47. The van der Waals surface area contributed by atoms with Crippen LogP contribution in [0.5, 0.6) is 17.2 Å². The smallest absolute Gasteiger partial charge is 0.318 e. The molecule has 10 nitrogen and oxygen atoms in total. The van der Waals surface area contributed by atoms with Gasteiger partial charge >= 0.3 is 6.03 Å². The van der Waals surface area contributed by atoms with Crippen molar-refractivity contribution in [2.75, 3.05) is 33.7 Å². The third kappa shape index (κ3) is 5.08. The molecule has 0 spiro atoms. The maximum atomic E-state index is 12.6. The number of carbonyl (C=O) groups is 2. The van der Waals surface area contributed by atoms with Gasteiger partial charge in [0.2, 0.25) is 0 Å². The number of benzene rings is 2. The molecule has 0 saturated carbocycles. The van der Waals surface area contributed by atoms with Gasteiger partial charge in [0.05, 0.1) is 31.8 Å². The molecule has 2 aromatic rings. The largest absolute Gasteiger partial charge is 0.496 e. The molecule has 29 heavy (non-hydrogen) atoms. The Morgan fingerprint density at radius 1 is 0.862 bits per heavy atom. The van der Waals surface area contributed by atoms with Gasteiger partial charge in [-0.2, -0.15) is 0 Å². The van der Waals surface area contributed by atoms with Crippen molar-refractivity contribution in [2.45, 2.75) is 4.90 Å². The lowest BCUT2D eigenvalue weighted by Crippen LogP contribution is -2.31. The Bertz CT molecular complexity index is 1000. The third-order valence-corrected chi connectivity index (χ3v) is 5.17. The van der Waals surface area contributed by atoms with E-state index in [2.05, 4.69) is 10.6 Å². The summed E-state index contributed by atoms with van der Waals surface area (Å²) in [5, 5.41) is 4.88. The molecule has 11 heteroatoms. The lowest BCUT2D eigenvalue weighted by atomic mass is 10.1. The minimum absolute atomic E-state index is 0.0494. The molecule has 0 aliphatic rings. The van der Waals surface area contributed by atoms with Gasteiger partial charge in [-0.15, -0.1) is 0 Å². The van der Waals surface area contributed by atoms with E-state index in [1.807, 2.05) is 4.72 Å². The van der Waals surface area contributed by atoms with Gasteiger partial charge in [0.15, 0.2) is 11.5 Å². The molecule has 0 heterocycles. The van der Waals surface area contributed by atoms with Gasteiger partial charge in [-0.25, -0.2) is 17.9 Å². The van der Waals surface area contributed by atoms with Gasteiger partial charge in [0.25, 0.3) is 15.9 Å². The van der Waals surface area contributed by atoms with Gasteiger partial charge in [0.1, 0.15) is 5.75 Å². The average molecular weight is 423 g/mol. The Morgan fingerprint density at radius 2 is 1.41 bits per heavy atom. The first-order chi connectivity index (χ1) is 13.7. The molecule has 0 unspecified atom stereocenters. The second kappa shape index (κ2) is 9.15. The molecule has 0 radical (unpaired) electrons. The Morgan fingerprint density at radius 3 is 1.93 bits per heavy atom. The first kappa shape index (κ1) is 21.8. The van der Waals surface area contributed by atoms with Crippen molar-refractivity contribution in [2.24, 2.45) is 0 Å². The van der Waals surface area contributed by atoms with Crippen LogP contribution in [0.2, 0.25) is 0 Å². The highest BCUT2D eigenvalue weighted by Gasteiger charge is 2.23. The van der Waals surface area contributed by atoms with E-state index in [9.17, 15) is 18.0 Å². The summed E-state index contributed by atoms with van der Waals surface area (Å²) < 4.78 is 42.5. The van der Waals surface area contributed by atoms with Crippen LogP contribution in [-0.4, -0.2) is 48.7 Å². The van der Waals surface area contributed by atoms with Crippen LogP contribution >= 0.6 is 0 Å². The van der Waals surface area contributed by atoms with Crippen LogP contribution in [0.3, 0.4) is 0 Å². The Balaban J connectivity index is 2.28. The van der Waals surface area contributed by atoms with E-state index in [1.54, 1.807) is 0 Å². The first-order valence-corrected chi connectivity index (χ1v) is 9.70. The zero-order valence-electron chi connectivity index (χ0n) is 16.2. The molecule has 3 amide bonds. The van der Waals surface area contributed by atoms with E-state index in [1.165, 1.54) is 64.8 Å². The number of hydrogen-bond acceptors (Lipinski definition) is 7. The molecular formula is C18H21N3O7S. The molecule has 0 fully saturated rings. The lowest BCUT2D eigenvalue weighted by molar-refractivity contribution is 0.0978. The van der Waals surface area contributed by atoms with E-state index in [-0.39, 0.29) is 22.0 Å². The fraction of sp³-hybridized carbons (Fsp3) is 0.222. The average Bonchev–Trinajstić information content (AvgIpc) is 2.72. The standard InChI is InChI=1S/C18H21N3O7S/c1-19-18(23)20-11-5-7-12(8-6-11)29(24,25)21-17(22)13-9-15(27-3)16(28-4)10-14(13)26-2/h5-10H,1-4H3,(H,21,22)(H2,19,20,23). The molecule has 0 bridgehead atoms. The Kier molecular flexibility index (Phi) is 6.89. The number of sulfonamides is 1. The topological polar surface area (TPSA) is 132 Å². The molecular weight excluding hydrogens is 402 g/mol. The summed E-state index contributed by atoms with van der Waals surface area (Å²) in [7, 11) is 1.42. The normalized spacial score (nSPS) is 10.6. The lowest BCUT2D eigenvalue weighted by Gasteiger charge is -2.14. The van der Waals surface area contributed by atoms with Crippen LogP contribution in [0.4, 0.5) is 10.5 Å². The highest BCUT2D eigenvalue weighted by atomic mass is 32.2. The van der Waals surface area contributed by atoms with Crippen LogP contribution in [-0.2, 0) is 10.0 Å². The molecule has 3 N–H and O–H groups in total. The number of ether oxygens (including phenoxy) is 3. The van der Waals surface area contributed by atoms with Crippen molar-refractivity contribution < 1.29 is 32.2 Å². The summed E-state index contributed by atoms with van der Waals surface area (Å²) >= 11 is 0. The van der Waals surface area contributed by atoms with E-state index in [0.29, 0.717) is 11.4 Å². The van der Waals surface area contributed by atoms with E-state index in [4.69, 9.17) is 14.2 Å². The van der Waals surface area contributed by atoms with Crippen LogP contribution in [0, 0.1) is 0 Å². The monoisotopic (exact) mass is 423 g/mol. The predicted octanol–water partition coefficient (Wildman–Crippen LogP) is 1.58. The van der Waals surface area contributed by atoms with Crippen molar-refractivity contribution in [3.63, 3.8) is 0 Å². The van der Waals surface area contributed by atoms with Crippen molar-refractivity contribution in [1.29, 1.82) is 0 Å². The molecule has 2 aromatic carbocycles. The fourth-order valence-electron chi connectivity index (χ4n) is 2.35. The fourth-order valence-corrected chi connectivity index (χ4v) is 3.32. The number of amides is 3. The molecule has 0 atom stereocenters. The number of methoxy groups -OCH3 is 3. The highest BCUT2D eigenvalue weighted by molar-refractivity contribution is 7.90. The summed E-state index contributed by atoms with van der Waals surface area (Å²) in [4.78, 5) is 23.7. The molecule has 0 aliphatic heterocycles. The maximum absolute atomic E-state index is 12.6. The number of anilines is 1. The summed E-state index contributed by atoms with van der Waals surface area (Å²) in [6.07, 6.45) is 0. The Labute approximate surface area is 168 Å². The van der Waals surface area contributed by atoms with E-state index < -0.39 is 22.0 Å². The van der Waals surface area contributed by atoms with Crippen LogP contribution < -0.4 is 29.6 Å². The molecule has 2 rings (SSSR count). The summed E-state index contributed by atoms with van der Waals surface area (Å²) in [5.41, 5.74) is 0.336. The van der Waals surface area contributed by atoms with Gasteiger partial charge in [0, 0.05) is 24.9 Å². The van der Waals surface area contributed by atoms with Gasteiger partial charge in [-0.3, -0.25) is 4.79 Å². The molecule has 0 saturated heterocycles. The van der Waals surface area contributed by atoms with E-state index >= 15 is 0 Å². The molecule has 156 valence electrons. The van der Waals surface area contributed by atoms with Crippen LogP contribution in [0.1, 0.15) is 10.4 Å². The van der Waals surface area contributed by atoms with Gasteiger partial charge in [-0.05, 0) is 24.3 Å². The summed E-state index contributed by atoms with van der Waals surface area (Å²) in [5.74, 6) is -0.237. The van der Waals surface area contributed by atoms with Crippen molar-refractivity contribution in [1.82, 2.24) is 10.0 Å². The quantitative estimate of drug-likeness (QED) is 0.616. The zero-order valence-corrected chi connectivity index (χ0v) is 17.0. The number of nitrogens with one attached hydrogen (secondary N) is 3. The van der Waals surface area contributed by atoms with E-state index in [0.717, 1.165) is 0 Å². The van der Waals surface area contributed by atoms with Gasteiger partial charge < -0.3 is 24.8 Å². The number of rotatable bonds is 7. The van der Waals surface area contributed by atoms with Gasteiger partial charge in [-0.1, -0.05) is 0 Å². The van der Waals surface area contributed by atoms with Crippen molar-refractivity contribution in [3.8, 4) is 17.2 Å². The minimum atomic E-state index is -4.17. The summed E-state index contributed by atoms with van der Waals surface area (Å²) in [6, 6.07) is 7.59. The second-order valence-electron chi connectivity index (χ2n) is 5.57. The van der Waals surface area contributed by atoms with Crippen molar-refractivity contribution >= 4 is 27.6 Å². The third-order valence-electron chi connectivity index (χ3n) is 3.83. The second-order valence-corrected chi connectivity index (χ2v) is 7.25. The highest BCUT2D eigenvalue weighted by Crippen LogP contribution is 2.34. The SMILES string of the molecule is CNC(=O)Nc1ccc(S(=O)(=O)NC(=O)c2cc(OC)c(OC)cc2OC)cc1. The van der Waals surface area contributed by atoms with Crippen molar-refractivity contribution in [3.05, 3.63) is 42.0 Å². The number of urea groups is 1. The predicted molar refractivity (Wildman–Crippen MR) is 105 cm³/mol. The molecule has 0 aromatic heterocycles. The first-order valence-electron chi connectivity index (χ1n) is 8.21. The number of carbonyl (C=O) groups excluding carboxylic acids is 2. The molecule has 0 aliphatic carbocycles.